The summed E-state index contributed by atoms with van der Waals surface area (Å²) in [6, 6.07) is 0. The summed E-state index contributed by atoms with van der Waals surface area (Å²) in [5, 5.41) is 26.4. The van der Waals surface area contributed by atoms with Crippen LogP contribution in [0.25, 0.3) is 0 Å². The maximum absolute atomic E-state index is 10.9. The van der Waals surface area contributed by atoms with Crippen LogP contribution in [0.2, 0.25) is 0 Å². The summed E-state index contributed by atoms with van der Waals surface area (Å²) >= 11 is 0. The van der Waals surface area contributed by atoms with E-state index in [1.165, 1.54) is 0 Å². The highest BCUT2D eigenvalue weighted by molar-refractivity contribution is 5.56. The van der Waals surface area contributed by atoms with E-state index >= 15 is 0 Å². The molecular formula is C12H21N5O3. The van der Waals surface area contributed by atoms with Crippen LogP contribution in [0.5, 0.6) is 0 Å². The summed E-state index contributed by atoms with van der Waals surface area (Å²) in [6.45, 7) is 6.71. The van der Waals surface area contributed by atoms with E-state index < -0.39 is 11.0 Å². The minimum absolute atomic E-state index is 0.115. The first-order valence-electron chi connectivity index (χ1n) is 6.61. The van der Waals surface area contributed by atoms with Crippen molar-refractivity contribution < 1.29 is 10.0 Å². The fourth-order valence-electron chi connectivity index (χ4n) is 1.72. The molecule has 8 heteroatoms. The van der Waals surface area contributed by atoms with E-state index in [0.29, 0.717) is 24.8 Å². The van der Waals surface area contributed by atoms with Gasteiger partial charge in [-0.25, -0.2) is 4.98 Å². The summed E-state index contributed by atoms with van der Waals surface area (Å²) in [6.07, 6.45) is 1.20. The molecule has 0 aliphatic heterocycles. The lowest BCUT2D eigenvalue weighted by molar-refractivity contribution is -0.384. The molecule has 0 bridgehead atoms. The maximum atomic E-state index is 10.9. The normalized spacial score (nSPS) is 12.2. The third kappa shape index (κ3) is 4.96. The molecule has 20 heavy (non-hydrogen) atoms. The fourth-order valence-corrected chi connectivity index (χ4v) is 1.72. The molecule has 1 aromatic heterocycles. The third-order valence-electron chi connectivity index (χ3n) is 2.55. The van der Waals surface area contributed by atoms with Gasteiger partial charge in [-0.3, -0.25) is 10.1 Å². The zero-order chi connectivity index (χ0) is 15.1. The second-order valence-electron chi connectivity index (χ2n) is 4.88. The van der Waals surface area contributed by atoms with Gasteiger partial charge in [0.1, 0.15) is 6.20 Å². The van der Waals surface area contributed by atoms with Crippen molar-refractivity contribution in [2.45, 2.75) is 33.3 Å². The Morgan fingerprint density at radius 2 is 2.15 bits per heavy atom. The van der Waals surface area contributed by atoms with Gasteiger partial charge in [0.2, 0.25) is 11.8 Å². The van der Waals surface area contributed by atoms with Crippen molar-refractivity contribution in [2.75, 3.05) is 23.7 Å². The monoisotopic (exact) mass is 283 g/mol. The predicted octanol–water partition coefficient (Wildman–Crippen LogP) is 1.64. The largest absolute Gasteiger partial charge is 0.391 e. The lowest BCUT2D eigenvalue weighted by Gasteiger charge is -2.14. The van der Waals surface area contributed by atoms with Gasteiger partial charge in [-0.1, -0.05) is 13.8 Å². The van der Waals surface area contributed by atoms with Gasteiger partial charge in [-0.15, -0.1) is 0 Å². The molecule has 0 saturated heterocycles. The number of nitro groups is 1. The Morgan fingerprint density at radius 3 is 2.70 bits per heavy atom. The zero-order valence-corrected chi connectivity index (χ0v) is 12.0. The molecule has 0 amide bonds. The summed E-state index contributed by atoms with van der Waals surface area (Å²) in [7, 11) is 0. The first kappa shape index (κ1) is 16.1. The van der Waals surface area contributed by atoms with Gasteiger partial charge in [0.25, 0.3) is 0 Å². The highest BCUT2D eigenvalue weighted by Crippen LogP contribution is 2.22. The van der Waals surface area contributed by atoms with Crippen LogP contribution in [0.1, 0.15) is 27.2 Å². The van der Waals surface area contributed by atoms with Crippen molar-refractivity contribution >= 4 is 17.5 Å². The maximum Gasteiger partial charge on any atom is 0.329 e. The molecule has 0 saturated carbocycles. The lowest BCUT2D eigenvalue weighted by Crippen LogP contribution is -2.22. The standard InChI is InChI=1S/C12H21N5O3/c1-4-13-12-15-7-10(17(19)20)11(16-12)14-6-9(18)5-8(2)3/h7-9,18H,4-6H2,1-3H3,(H2,13,14,15,16). The van der Waals surface area contributed by atoms with Crippen molar-refractivity contribution in [1.82, 2.24) is 9.97 Å². The molecule has 0 aliphatic carbocycles. The van der Waals surface area contributed by atoms with Gasteiger partial charge >= 0.3 is 5.69 Å². The number of anilines is 2. The number of aromatic nitrogens is 2. The molecule has 0 spiro atoms. The smallest absolute Gasteiger partial charge is 0.329 e. The Morgan fingerprint density at radius 1 is 1.45 bits per heavy atom. The topological polar surface area (TPSA) is 113 Å². The Labute approximate surface area is 117 Å². The average molecular weight is 283 g/mol. The van der Waals surface area contributed by atoms with Crippen molar-refractivity contribution in [2.24, 2.45) is 5.92 Å². The highest BCUT2D eigenvalue weighted by atomic mass is 16.6. The van der Waals surface area contributed by atoms with Gasteiger partial charge in [-0.2, -0.15) is 4.98 Å². The summed E-state index contributed by atoms with van der Waals surface area (Å²) in [5.74, 6) is 0.784. The number of aliphatic hydroxyl groups excluding tert-OH is 1. The van der Waals surface area contributed by atoms with E-state index in [1.54, 1.807) is 0 Å². The summed E-state index contributed by atoms with van der Waals surface area (Å²) in [4.78, 5) is 18.3. The minimum atomic E-state index is -0.577. The number of hydrogen-bond donors (Lipinski definition) is 3. The van der Waals surface area contributed by atoms with E-state index in [1.807, 2.05) is 20.8 Å². The van der Waals surface area contributed by atoms with E-state index in [9.17, 15) is 15.2 Å². The SMILES string of the molecule is CCNc1ncc([N+](=O)[O-])c(NCC(O)CC(C)C)n1. The van der Waals surface area contributed by atoms with Crippen LogP contribution in [-0.4, -0.2) is 39.2 Å². The Kier molecular flexibility index (Phi) is 6.10. The second kappa shape index (κ2) is 7.59. The van der Waals surface area contributed by atoms with Gasteiger partial charge in [0.05, 0.1) is 11.0 Å². The van der Waals surface area contributed by atoms with Crippen LogP contribution in [0.4, 0.5) is 17.5 Å². The van der Waals surface area contributed by atoms with Gasteiger partial charge in [0.15, 0.2) is 0 Å². The Hall–Kier alpha value is -1.96. The van der Waals surface area contributed by atoms with Crippen molar-refractivity contribution in [3.63, 3.8) is 0 Å². The number of hydrogen-bond acceptors (Lipinski definition) is 7. The van der Waals surface area contributed by atoms with Gasteiger partial charge in [0, 0.05) is 13.1 Å². The van der Waals surface area contributed by atoms with Crippen LogP contribution in [0.3, 0.4) is 0 Å². The third-order valence-corrected chi connectivity index (χ3v) is 2.55. The molecule has 0 aromatic carbocycles. The molecule has 1 atom stereocenters. The van der Waals surface area contributed by atoms with E-state index in [0.717, 1.165) is 6.20 Å². The molecule has 3 N–H and O–H groups in total. The summed E-state index contributed by atoms with van der Waals surface area (Å²) in [5.41, 5.74) is -0.205. The molecule has 0 radical (unpaired) electrons. The molecule has 0 aliphatic rings. The molecule has 1 unspecified atom stereocenters. The predicted molar refractivity (Wildman–Crippen MR) is 76.8 cm³/mol. The molecular weight excluding hydrogens is 262 g/mol. The molecule has 1 aromatic rings. The number of aliphatic hydroxyl groups is 1. The van der Waals surface area contributed by atoms with E-state index in [-0.39, 0.29) is 18.1 Å². The van der Waals surface area contributed by atoms with Crippen LogP contribution in [0, 0.1) is 16.0 Å². The zero-order valence-electron chi connectivity index (χ0n) is 12.0. The van der Waals surface area contributed by atoms with Crippen LogP contribution in [0.15, 0.2) is 6.20 Å². The van der Waals surface area contributed by atoms with Crippen molar-refractivity contribution in [3.05, 3.63) is 16.3 Å². The summed E-state index contributed by atoms with van der Waals surface area (Å²) < 4.78 is 0. The molecule has 112 valence electrons. The Balaban J connectivity index is 2.79. The molecule has 0 fully saturated rings. The fraction of sp³-hybridized carbons (Fsp3) is 0.667. The highest BCUT2D eigenvalue weighted by Gasteiger charge is 2.18. The van der Waals surface area contributed by atoms with Crippen LogP contribution in [-0.2, 0) is 0 Å². The van der Waals surface area contributed by atoms with E-state index in [2.05, 4.69) is 20.6 Å². The van der Waals surface area contributed by atoms with E-state index in [4.69, 9.17) is 0 Å². The van der Waals surface area contributed by atoms with Crippen molar-refractivity contribution in [3.8, 4) is 0 Å². The second-order valence-corrected chi connectivity index (χ2v) is 4.88. The van der Waals surface area contributed by atoms with Gasteiger partial charge in [-0.05, 0) is 19.3 Å². The number of nitrogens with one attached hydrogen (secondary N) is 2. The molecule has 1 rings (SSSR count). The van der Waals surface area contributed by atoms with Gasteiger partial charge < -0.3 is 15.7 Å². The van der Waals surface area contributed by atoms with Crippen molar-refractivity contribution in [1.29, 1.82) is 0 Å². The number of nitrogens with zero attached hydrogens (tertiary/aromatic N) is 3. The average Bonchev–Trinajstić information content (AvgIpc) is 2.36. The van der Waals surface area contributed by atoms with Crippen LogP contribution >= 0.6 is 0 Å². The first-order chi connectivity index (χ1) is 9.43. The molecule has 8 nitrogen and oxygen atoms in total. The Bertz CT molecular complexity index is 453. The number of rotatable bonds is 8. The quantitative estimate of drug-likeness (QED) is 0.491. The van der Waals surface area contributed by atoms with Crippen LogP contribution < -0.4 is 10.6 Å². The first-order valence-corrected chi connectivity index (χ1v) is 6.61. The minimum Gasteiger partial charge on any atom is -0.391 e. The molecule has 1 heterocycles. The lowest BCUT2D eigenvalue weighted by atomic mass is 10.1.